The maximum Gasteiger partial charge on any atom is 0.274 e. The molecule has 1 aliphatic rings. The first-order valence-corrected chi connectivity index (χ1v) is 16.7. The molecule has 3 amide bonds. The number of hydrogen-bond donors (Lipinski definition) is 1. The average Bonchev–Trinajstić information content (AvgIpc) is 3.54. The lowest BCUT2D eigenvalue weighted by Gasteiger charge is -2.35. The first kappa shape index (κ1) is 34.3. The molecule has 4 aromatic rings. The Labute approximate surface area is 281 Å². The minimum absolute atomic E-state index is 0.0970. The van der Waals surface area contributed by atoms with Gasteiger partial charge in [-0.2, -0.15) is 9.78 Å². The second-order valence-electron chi connectivity index (χ2n) is 12.3. The van der Waals surface area contributed by atoms with Gasteiger partial charge in [0, 0.05) is 44.4 Å². The van der Waals surface area contributed by atoms with Crippen molar-refractivity contribution in [3.05, 3.63) is 100 Å². The van der Waals surface area contributed by atoms with Gasteiger partial charge in [0.1, 0.15) is 5.82 Å². The first-order chi connectivity index (χ1) is 23.2. The van der Waals surface area contributed by atoms with E-state index < -0.39 is 11.7 Å². The summed E-state index contributed by atoms with van der Waals surface area (Å²) in [7, 11) is 2.99. The van der Waals surface area contributed by atoms with Crippen molar-refractivity contribution in [3.63, 3.8) is 0 Å². The number of carbonyl (C=O) groups is 3. The Morgan fingerprint density at radius 3 is 2.33 bits per heavy atom. The quantitative estimate of drug-likeness (QED) is 0.184. The van der Waals surface area contributed by atoms with E-state index in [1.54, 1.807) is 30.3 Å². The Bertz CT molecular complexity index is 1790. The molecule has 0 bridgehead atoms. The highest BCUT2D eigenvalue weighted by atomic mass is 19.1. The number of halogens is 1. The van der Waals surface area contributed by atoms with E-state index in [9.17, 15) is 18.8 Å². The number of aromatic nitrogens is 2. The van der Waals surface area contributed by atoms with Crippen molar-refractivity contribution in [1.29, 1.82) is 0 Å². The van der Waals surface area contributed by atoms with Gasteiger partial charge in [-0.05, 0) is 78.8 Å². The highest BCUT2D eigenvalue weighted by Crippen LogP contribution is 2.32. The number of nitrogens with one attached hydrogen (secondary N) is 1. The molecule has 1 unspecified atom stereocenters. The number of carbonyl (C=O) groups excluding carboxylic acids is 3. The van der Waals surface area contributed by atoms with Crippen molar-refractivity contribution in [2.24, 2.45) is 0 Å². The van der Waals surface area contributed by atoms with Crippen molar-refractivity contribution >= 4 is 17.7 Å². The maximum atomic E-state index is 14.8. The zero-order valence-electron chi connectivity index (χ0n) is 28.4. The van der Waals surface area contributed by atoms with Crippen LogP contribution in [0.5, 0.6) is 5.88 Å². The van der Waals surface area contributed by atoms with Crippen LogP contribution < -0.4 is 10.1 Å². The fraction of sp³-hybridized carbons (Fsp3) is 0.368. The highest BCUT2D eigenvalue weighted by molar-refractivity contribution is 6.00. The number of rotatable bonds is 12. The van der Waals surface area contributed by atoms with Gasteiger partial charge in [-0.25, -0.2) is 4.39 Å². The Hall–Kier alpha value is -4.99. The van der Waals surface area contributed by atoms with Gasteiger partial charge in [0.05, 0.1) is 18.4 Å². The third kappa shape index (κ3) is 7.27. The molecular weight excluding hydrogens is 609 g/mol. The molecule has 10 heteroatoms. The van der Waals surface area contributed by atoms with Crippen LogP contribution in [0.3, 0.4) is 0 Å². The van der Waals surface area contributed by atoms with E-state index in [2.05, 4.69) is 25.2 Å². The largest absolute Gasteiger partial charge is 0.481 e. The monoisotopic (exact) mass is 653 g/mol. The third-order valence-electron chi connectivity index (χ3n) is 8.90. The summed E-state index contributed by atoms with van der Waals surface area (Å²) >= 11 is 0. The molecule has 0 saturated carbocycles. The van der Waals surface area contributed by atoms with Crippen LogP contribution in [0.1, 0.15) is 88.8 Å². The minimum atomic E-state index is -0.572. The number of ether oxygens (including phenoxy) is 1. The number of fused-ring (bicyclic) bond motifs is 1. The van der Waals surface area contributed by atoms with Crippen molar-refractivity contribution in [1.82, 2.24) is 24.9 Å². The van der Waals surface area contributed by atoms with E-state index in [0.717, 1.165) is 31.2 Å². The van der Waals surface area contributed by atoms with Crippen LogP contribution in [0.25, 0.3) is 16.8 Å². The van der Waals surface area contributed by atoms with Crippen LogP contribution in [-0.2, 0) is 13.0 Å². The van der Waals surface area contributed by atoms with Crippen LogP contribution in [0.4, 0.5) is 4.39 Å². The fourth-order valence-corrected chi connectivity index (χ4v) is 6.17. The van der Waals surface area contributed by atoms with E-state index in [1.165, 1.54) is 36.5 Å². The molecule has 2 heterocycles. The van der Waals surface area contributed by atoms with Gasteiger partial charge in [-0.3, -0.25) is 14.4 Å². The number of methoxy groups -OCH3 is 1. The summed E-state index contributed by atoms with van der Waals surface area (Å²) in [4.78, 5) is 44.4. The van der Waals surface area contributed by atoms with E-state index >= 15 is 0 Å². The number of unbranched alkanes of at least 4 members (excludes halogenated alkanes) is 2. The molecule has 1 aliphatic heterocycles. The average molecular weight is 654 g/mol. The normalized spacial score (nSPS) is 14.0. The number of benzene rings is 3. The van der Waals surface area contributed by atoms with Crippen LogP contribution in [0.15, 0.2) is 66.7 Å². The molecule has 1 atom stereocenters. The molecule has 9 nitrogen and oxygen atoms in total. The lowest BCUT2D eigenvalue weighted by Crippen LogP contribution is -2.43. The first-order valence-electron chi connectivity index (χ1n) is 16.7. The fourth-order valence-electron chi connectivity index (χ4n) is 6.17. The van der Waals surface area contributed by atoms with Gasteiger partial charge < -0.3 is 19.9 Å². The van der Waals surface area contributed by atoms with Crippen molar-refractivity contribution in [2.45, 2.75) is 65.5 Å². The summed E-state index contributed by atoms with van der Waals surface area (Å²) in [5.41, 5.74) is 4.38. The zero-order valence-corrected chi connectivity index (χ0v) is 28.4. The summed E-state index contributed by atoms with van der Waals surface area (Å²) < 4.78 is 22.0. The predicted molar refractivity (Wildman–Crippen MR) is 184 cm³/mol. The Balaban J connectivity index is 1.63. The predicted octanol–water partition coefficient (Wildman–Crippen LogP) is 6.68. The maximum absolute atomic E-state index is 14.8. The summed E-state index contributed by atoms with van der Waals surface area (Å²) in [5.74, 6) is -1.13. The Kier molecular flexibility index (Phi) is 10.9. The second-order valence-corrected chi connectivity index (χ2v) is 12.3. The van der Waals surface area contributed by atoms with E-state index in [1.807, 2.05) is 34.9 Å². The molecule has 0 fully saturated rings. The minimum Gasteiger partial charge on any atom is -0.481 e. The van der Waals surface area contributed by atoms with Gasteiger partial charge in [0.25, 0.3) is 17.7 Å². The molecule has 5 rings (SSSR count). The van der Waals surface area contributed by atoms with Crippen LogP contribution >= 0.6 is 0 Å². The molecule has 1 aromatic heterocycles. The lowest BCUT2D eigenvalue weighted by atomic mass is 9.93. The van der Waals surface area contributed by atoms with Crippen LogP contribution in [0, 0.1) is 5.82 Å². The molecule has 48 heavy (non-hydrogen) atoms. The van der Waals surface area contributed by atoms with Gasteiger partial charge in [-0.1, -0.05) is 57.0 Å². The van der Waals surface area contributed by atoms with E-state index in [0.29, 0.717) is 54.3 Å². The molecule has 0 saturated heterocycles. The molecular formula is C38H44FN5O4. The van der Waals surface area contributed by atoms with Crippen molar-refractivity contribution < 1.29 is 23.5 Å². The zero-order chi connectivity index (χ0) is 34.4. The number of amides is 3. The smallest absolute Gasteiger partial charge is 0.274 e. The van der Waals surface area contributed by atoms with Crippen LogP contribution in [0.2, 0.25) is 0 Å². The van der Waals surface area contributed by atoms with Gasteiger partial charge in [0.15, 0.2) is 5.69 Å². The Morgan fingerprint density at radius 2 is 1.67 bits per heavy atom. The SMILES string of the molecule is CCCCN(CCCC)C(=O)c1cc(OC)n(-c2ccc(-c3cc(F)cc(C(=O)NC)c3)cc2C(=O)N2Cc3ccccc3CC2C)n1. The number of hydrogen-bond acceptors (Lipinski definition) is 5. The van der Waals surface area contributed by atoms with Gasteiger partial charge in [-0.15, -0.1) is 0 Å². The molecule has 252 valence electrons. The molecule has 3 aromatic carbocycles. The molecule has 1 N–H and O–H groups in total. The third-order valence-corrected chi connectivity index (χ3v) is 8.90. The Morgan fingerprint density at radius 1 is 0.958 bits per heavy atom. The van der Waals surface area contributed by atoms with E-state index in [-0.39, 0.29) is 29.1 Å². The molecule has 0 radical (unpaired) electrons. The summed E-state index contributed by atoms with van der Waals surface area (Å²) in [5, 5.41) is 7.25. The lowest BCUT2D eigenvalue weighted by molar-refractivity contribution is 0.0657. The molecule has 0 spiro atoms. The number of nitrogens with zero attached hydrogens (tertiary/aromatic N) is 4. The standard InChI is InChI=1S/C38H44FN5O4/c1-6-8-16-42(17-9-7-2)38(47)33-23-35(48-5)44(41-33)34-15-14-27(29-19-30(36(45)40-4)21-31(39)20-29)22-32(34)37(46)43-24-28-13-11-10-12-26(28)18-25(43)3/h10-15,19-23,25H,6-9,16-18,24H2,1-5H3,(H,40,45). The van der Waals surface area contributed by atoms with Crippen molar-refractivity contribution in [2.75, 3.05) is 27.2 Å². The van der Waals surface area contributed by atoms with Crippen molar-refractivity contribution in [3.8, 4) is 22.7 Å². The van der Waals surface area contributed by atoms with E-state index in [4.69, 9.17) is 9.84 Å². The second kappa shape index (κ2) is 15.3. The summed E-state index contributed by atoms with van der Waals surface area (Å²) in [6.07, 6.45) is 4.38. The summed E-state index contributed by atoms with van der Waals surface area (Å²) in [6, 6.07) is 18.9. The van der Waals surface area contributed by atoms with Gasteiger partial charge >= 0.3 is 0 Å². The highest BCUT2D eigenvalue weighted by Gasteiger charge is 2.31. The van der Waals surface area contributed by atoms with Gasteiger partial charge in [0.2, 0.25) is 5.88 Å². The van der Waals surface area contributed by atoms with Crippen LogP contribution in [-0.4, -0.2) is 70.6 Å². The summed E-state index contributed by atoms with van der Waals surface area (Å²) in [6.45, 7) is 7.88. The topological polar surface area (TPSA) is 96.8 Å². The molecule has 0 aliphatic carbocycles.